The molecular formula is C21H16BrF3N2O4S. The fourth-order valence-electron chi connectivity index (χ4n) is 2.83. The lowest BCUT2D eigenvalue weighted by Gasteiger charge is -2.12. The number of carbonyl (C=O) groups excluding carboxylic acids is 1. The molecule has 3 aromatic rings. The molecule has 0 radical (unpaired) electrons. The minimum absolute atomic E-state index is 0.0900. The Hall–Kier alpha value is -3.05. The van der Waals surface area contributed by atoms with Gasteiger partial charge in [0, 0.05) is 15.7 Å². The van der Waals surface area contributed by atoms with Gasteiger partial charge in [-0.1, -0.05) is 34.1 Å². The van der Waals surface area contributed by atoms with E-state index in [-0.39, 0.29) is 27.2 Å². The number of hydrogen-bond acceptors (Lipinski definition) is 4. The fourth-order valence-corrected chi connectivity index (χ4v) is 4.00. The number of sulfonamides is 1. The van der Waals surface area contributed by atoms with E-state index in [1.807, 2.05) is 0 Å². The van der Waals surface area contributed by atoms with Crippen molar-refractivity contribution in [2.75, 3.05) is 16.3 Å². The van der Waals surface area contributed by atoms with Gasteiger partial charge < -0.3 is 10.4 Å². The summed E-state index contributed by atoms with van der Waals surface area (Å²) in [6, 6.07) is 13.4. The highest BCUT2D eigenvalue weighted by molar-refractivity contribution is 9.10. The standard InChI is InChI=1S/C21H16BrF3N2O4S/c1-32(30,31)27-18-11-15(7-9-19(18)28)26-20(29)13-4-2-12(3-5-13)16-8-6-14(10-17(16)22)21(23,24)25/h2-11,27-28H,1H3,(H,26,29). The molecule has 6 nitrogen and oxygen atoms in total. The number of halogens is 4. The molecule has 0 aliphatic carbocycles. The molecule has 0 spiro atoms. The van der Waals surface area contributed by atoms with E-state index in [4.69, 9.17) is 0 Å². The quantitative estimate of drug-likeness (QED) is 0.302. The number of alkyl halides is 3. The zero-order chi connectivity index (χ0) is 23.7. The number of phenols is 1. The fraction of sp³-hybridized carbons (Fsp3) is 0.0952. The molecule has 11 heteroatoms. The van der Waals surface area contributed by atoms with Crippen LogP contribution in [0.1, 0.15) is 15.9 Å². The average Bonchev–Trinajstić information content (AvgIpc) is 2.69. The first-order valence-electron chi connectivity index (χ1n) is 8.93. The Kier molecular flexibility index (Phi) is 6.51. The van der Waals surface area contributed by atoms with Crippen LogP contribution >= 0.6 is 15.9 Å². The van der Waals surface area contributed by atoms with Gasteiger partial charge in [0.25, 0.3) is 5.91 Å². The Morgan fingerprint density at radius 2 is 1.66 bits per heavy atom. The lowest BCUT2D eigenvalue weighted by atomic mass is 10.0. The third-order valence-electron chi connectivity index (χ3n) is 4.30. The van der Waals surface area contributed by atoms with Crippen molar-refractivity contribution in [3.8, 4) is 16.9 Å². The monoisotopic (exact) mass is 528 g/mol. The minimum Gasteiger partial charge on any atom is -0.506 e. The van der Waals surface area contributed by atoms with Crippen molar-refractivity contribution >= 4 is 43.2 Å². The minimum atomic E-state index is -4.45. The predicted molar refractivity (Wildman–Crippen MR) is 119 cm³/mol. The molecule has 0 atom stereocenters. The zero-order valence-electron chi connectivity index (χ0n) is 16.4. The highest BCUT2D eigenvalue weighted by Gasteiger charge is 2.30. The molecule has 32 heavy (non-hydrogen) atoms. The van der Waals surface area contributed by atoms with Crippen molar-refractivity contribution < 1.29 is 31.5 Å². The summed E-state index contributed by atoms with van der Waals surface area (Å²) >= 11 is 3.15. The van der Waals surface area contributed by atoms with Gasteiger partial charge in [-0.05, 0) is 53.6 Å². The summed E-state index contributed by atoms with van der Waals surface area (Å²) in [5.74, 6) is -0.807. The molecule has 3 N–H and O–H groups in total. The number of amides is 1. The van der Waals surface area contributed by atoms with Gasteiger partial charge in [0.15, 0.2) is 0 Å². The third kappa shape index (κ3) is 5.80. The van der Waals surface area contributed by atoms with E-state index >= 15 is 0 Å². The van der Waals surface area contributed by atoms with Gasteiger partial charge in [0.05, 0.1) is 17.5 Å². The van der Waals surface area contributed by atoms with E-state index < -0.39 is 27.7 Å². The molecule has 0 unspecified atom stereocenters. The van der Waals surface area contributed by atoms with Crippen molar-refractivity contribution in [1.29, 1.82) is 0 Å². The van der Waals surface area contributed by atoms with Crippen molar-refractivity contribution in [2.24, 2.45) is 0 Å². The Labute approximate surface area is 190 Å². The van der Waals surface area contributed by atoms with Crippen molar-refractivity contribution in [2.45, 2.75) is 6.18 Å². The Bertz CT molecular complexity index is 1280. The molecule has 0 aliphatic rings. The summed E-state index contributed by atoms with van der Waals surface area (Å²) in [6.45, 7) is 0. The molecule has 0 fully saturated rings. The smallest absolute Gasteiger partial charge is 0.416 e. The van der Waals surface area contributed by atoms with Gasteiger partial charge in [-0.3, -0.25) is 9.52 Å². The summed E-state index contributed by atoms with van der Waals surface area (Å²) in [5, 5.41) is 12.4. The van der Waals surface area contributed by atoms with E-state index in [0.29, 0.717) is 11.1 Å². The Balaban J connectivity index is 1.78. The van der Waals surface area contributed by atoms with Crippen LogP contribution < -0.4 is 10.0 Å². The number of carbonyl (C=O) groups is 1. The number of phenolic OH excluding ortho intramolecular Hbond substituents is 1. The maximum atomic E-state index is 12.8. The van der Waals surface area contributed by atoms with Gasteiger partial charge in [-0.15, -0.1) is 0 Å². The molecule has 0 aromatic heterocycles. The molecule has 0 saturated carbocycles. The van der Waals surface area contributed by atoms with Gasteiger partial charge in [-0.2, -0.15) is 13.2 Å². The van der Waals surface area contributed by atoms with E-state index in [1.165, 1.54) is 36.4 Å². The van der Waals surface area contributed by atoms with Crippen molar-refractivity contribution in [1.82, 2.24) is 0 Å². The highest BCUT2D eigenvalue weighted by atomic mass is 79.9. The topological polar surface area (TPSA) is 95.5 Å². The van der Waals surface area contributed by atoms with Gasteiger partial charge in [0.1, 0.15) is 5.75 Å². The van der Waals surface area contributed by atoms with Crippen LogP contribution in [0.4, 0.5) is 24.5 Å². The van der Waals surface area contributed by atoms with Crippen LogP contribution in [0.25, 0.3) is 11.1 Å². The van der Waals surface area contributed by atoms with Gasteiger partial charge >= 0.3 is 6.18 Å². The first-order chi connectivity index (χ1) is 14.8. The van der Waals surface area contributed by atoms with Crippen LogP contribution in [-0.2, 0) is 16.2 Å². The summed E-state index contributed by atoms with van der Waals surface area (Å²) < 4.78 is 63.7. The van der Waals surface area contributed by atoms with E-state index in [1.54, 1.807) is 12.1 Å². The van der Waals surface area contributed by atoms with Crippen LogP contribution in [0, 0.1) is 0 Å². The van der Waals surface area contributed by atoms with Crippen LogP contribution in [-0.4, -0.2) is 25.7 Å². The van der Waals surface area contributed by atoms with Crippen LogP contribution in [0.15, 0.2) is 65.1 Å². The number of hydrogen-bond donors (Lipinski definition) is 3. The second-order valence-corrected chi connectivity index (χ2v) is 9.43. The van der Waals surface area contributed by atoms with E-state index in [0.717, 1.165) is 18.4 Å². The molecule has 0 heterocycles. The van der Waals surface area contributed by atoms with Gasteiger partial charge in [0.2, 0.25) is 10.0 Å². The molecule has 3 aromatic carbocycles. The number of aromatic hydroxyl groups is 1. The molecule has 0 saturated heterocycles. The van der Waals surface area contributed by atoms with Gasteiger partial charge in [-0.25, -0.2) is 8.42 Å². The Morgan fingerprint density at radius 3 is 2.22 bits per heavy atom. The van der Waals surface area contributed by atoms with Crippen LogP contribution in [0.5, 0.6) is 5.75 Å². The molecule has 168 valence electrons. The Morgan fingerprint density at radius 1 is 1.00 bits per heavy atom. The summed E-state index contributed by atoms with van der Waals surface area (Å²) in [6.07, 6.45) is -3.53. The van der Waals surface area contributed by atoms with Crippen molar-refractivity contribution in [3.63, 3.8) is 0 Å². The van der Waals surface area contributed by atoms with Crippen LogP contribution in [0.3, 0.4) is 0 Å². The molecule has 0 bridgehead atoms. The summed E-state index contributed by atoms with van der Waals surface area (Å²) in [4.78, 5) is 12.5. The molecule has 3 rings (SSSR count). The van der Waals surface area contributed by atoms with E-state index in [9.17, 15) is 31.5 Å². The molecular weight excluding hydrogens is 513 g/mol. The molecule has 1 amide bonds. The summed E-state index contributed by atoms with van der Waals surface area (Å²) in [7, 11) is -3.63. The van der Waals surface area contributed by atoms with Crippen molar-refractivity contribution in [3.05, 3.63) is 76.3 Å². The summed E-state index contributed by atoms with van der Waals surface area (Å²) in [5.41, 5.74) is 0.776. The predicted octanol–water partition coefficient (Wildman–Crippen LogP) is 5.46. The average molecular weight is 529 g/mol. The maximum Gasteiger partial charge on any atom is 0.416 e. The maximum absolute atomic E-state index is 12.8. The highest BCUT2D eigenvalue weighted by Crippen LogP contribution is 2.36. The first-order valence-corrected chi connectivity index (χ1v) is 11.6. The largest absolute Gasteiger partial charge is 0.506 e. The third-order valence-corrected chi connectivity index (χ3v) is 5.55. The SMILES string of the molecule is CS(=O)(=O)Nc1cc(NC(=O)c2ccc(-c3ccc(C(F)(F)F)cc3Br)cc2)ccc1O. The zero-order valence-corrected chi connectivity index (χ0v) is 18.8. The lowest BCUT2D eigenvalue weighted by molar-refractivity contribution is -0.137. The lowest BCUT2D eigenvalue weighted by Crippen LogP contribution is -2.13. The number of benzene rings is 3. The number of nitrogens with one attached hydrogen (secondary N) is 2. The second-order valence-electron chi connectivity index (χ2n) is 6.83. The van der Waals surface area contributed by atoms with E-state index in [2.05, 4.69) is 26.0 Å². The second kappa shape index (κ2) is 8.83. The first kappa shape index (κ1) is 23.6. The number of rotatable bonds is 5. The van der Waals surface area contributed by atoms with Crippen LogP contribution in [0.2, 0.25) is 0 Å². The molecule has 0 aliphatic heterocycles. The number of anilines is 2. The normalized spacial score (nSPS) is 11.8.